The van der Waals surface area contributed by atoms with E-state index < -0.39 is 24.1 Å². The Kier molecular flexibility index (Phi) is 2.83. The van der Waals surface area contributed by atoms with Crippen LogP contribution in [0.2, 0.25) is 5.82 Å². The van der Waals surface area contributed by atoms with Gasteiger partial charge in [0.15, 0.2) is 0 Å². The molecule has 0 spiro atoms. The number of rotatable bonds is 3. The second-order valence-electron chi connectivity index (χ2n) is 4.50. The number of carbonyl (C=O) groups is 1. The monoisotopic (exact) mass is 197 g/mol. The highest BCUT2D eigenvalue weighted by atomic mass is 16.7. The van der Waals surface area contributed by atoms with Gasteiger partial charge in [-0.25, -0.2) is 0 Å². The van der Waals surface area contributed by atoms with E-state index in [0.29, 0.717) is 6.29 Å². The number of aldehydes is 1. The number of nitrogens with one attached hydrogen (secondary N) is 1. The highest BCUT2D eigenvalue weighted by Gasteiger charge is 2.53. The number of carbonyl (C=O) groups excluding carboxylic acids is 1. The summed E-state index contributed by atoms with van der Waals surface area (Å²) in [5.74, 6) is -0.615. The van der Waals surface area contributed by atoms with Crippen LogP contribution in [0, 0.1) is 5.41 Å². The molecule has 1 aliphatic heterocycles. The third kappa shape index (κ3) is 1.74. The fourth-order valence-corrected chi connectivity index (χ4v) is 1.23. The summed E-state index contributed by atoms with van der Waals surface area (Å²) in [6, 6.07) is 0. The van der Waals surface area contributed by atoms with Crippen LogP contribution >= 0.6 is 0 Å². The molecule has 1 saturated heterocycles. The highest BCUT2D eigenvalue weighted by Crippen LogP contribution is 2.38. The van der Waals surface area contributed by atoms with E-state index in [2.05, 4.69) is 0 Å². The van der Waals surface area contributed by atoms with E-state index in [0.717, 1.165) is 6.21 Å². The van der Waals surface area contributed by atoms with Crippen LogP contribution in [0.5, 0.6) is 0 Å². The van der Waals surface area contributed by atoms with Crippen molar-refractivity contribution >= 4 is 19.6 Å². The summed E-state index contributed by atoms with van der Waals surface area (Å²) in [5, 5.41) is 7.07. The molecule has 1 aliphatic rings. The molecule has 0 bridgehead atoms. The molecule has 1 rings (SSSR count). The van der Waals surface area contributed by atoms with Crippen LogP contribution in [0.4, 0.5) is 0 Å². The van der Waals surface area contributed by atoms with Gasteiger partial charge in [0.1, 0.15) is 6.29 Å². The van der Waals surface area contributed by atoms with Crippen molar-refractivity contribution < 1.29 is 14.1 Å². The van der Waals surface area contributed by atoms with Crippen molar-refractivity contribution in [3.05, 3.63) is 0 Å². The van der Waals surface area contributed by atoms with Crippen LogP contribution in [0.25, 0.3) is 0 Å². The van der Waals surface area contributed by atoms with E-state index >= 15 is 0 Å². The first-order chi connectivity index (χ1) is 6.34. The zero-order valence-corrected chi connectivity index (χ0v) is 9.03. The Balaban J connectivity index is 2.81. The van der Waals surface area contributed by atoms with Gasteiger partial charge in [0.25, 0.3) is 0 Å². The molecule has 1 N–H and O–H groups in total. The predicted molar refractivity (Wildman–Crippen MR) is 54.7 cm³/mol. The SMILES string of the molecule is CC1(C)OB(C(C=N)C=O)OC1(C)C. The largest absolute Gasteiger partial charge is 0.474 e. The lowest BCUT2D eigenvalue weighted by molar-refractivity contribution is -0.107. The zero-order chi connectivity index (χ0) is 11.0. The van der Waals surface area contributed by atoms with Crippen molar-refractivity contribution in [1.82, 2.24) is 0 Å². The molecule has 78 valence electrons. The summed E-state index contributed by atoms with van der Waals surface area (Å²) in [4.78, 5) is 10.6. The standard InChI is InChI=1S/C9H16BNO3/c1-8(2)9(3,4)14-10(13-8)7(5-11)6-12/h5-7,11H,1-4H3. The summed E-state index contributed by atoms with van der Waals surface area (Å²) in [7, 11) is -0.630. The van der Waals surface area contributed by atoms with Gasteiger partial charge < -0.3 is 19.5 Å². The van der Waals surface area contributed by atoms with Crippen molar-refractivity contribution in [2.24, 2.45) is 0 Å². The molecule has 0 aromatic carbocycles. The molecule has 1 fully saturated rings. The van der Waals surface area contributed by atoms with Gasteiger partial charge in [-0.2, -0.15) is 0 Å². The summed E-state index contributed by atoms with van der Waals surface area (Å²) in [6.07, 6.45) is 1.73. The van der Waals surface area contributed by atoms with Crippen LogP contribution < -0.4 is 0 Å². The van der Waals surface area contributed by atoms with Crippen LogP contribution in [-0.2, 0) is 14.1 Å². The maximum Gasteiger partial charge on any atom is 0.474 e. The maximum atomic E-state index is 10.6. The highest BCUT2D eigenvalue weighted by molar-refractivity contribution is 6.56. The van der Waals surface area contributed by atoms with E-state index in [9.17, 15) is 4.79 Å². The summed E-state index contributed by atoms with van der Waals surface area (Å²) < 4.78 is 11.2. The summed E-state index contributed by atoms with van der Waals surface area (Å²) in [5.41, 5.74) is -0.885. The zero-order valence-electron chi connectivity index (χ0n) is 9.03. The first-order valence-electron chi connectivity index (χ1n) is 4.65. The minimum atomic E-state index is -0.630. The molecule has 0 aromatic heterocycles. The Hall–Kier alpha value is -0.675. The molecule has 1 unspecified atom stereocenters. The fourth-order valence-electron chi connectivity index (χ4n) is 1.23. The topological polar surface area (TPSA) is 59.4 Å². The van der Waals surface area contributed by atoms with Gasteiger partial charge in [0.2, 0.25) is 0 Å². The van der Waals surface area contributed by atoms with Gasteiger partial charge in [0.05, 0.1) is 17.0 Å². The van der Waals surface area contributed by atoms with Crippen LogP contribution in [0.1, 0.15) is 27.7 Å². The average Bonchev–Trinajstić information content (AvgIpc) is 2.23. The molecular weight excluding hydrogens is 181 g/mol. The van der Waals surface area contributed by atoms with Crippen molar-refractivity contribution in [3.63, 3.8) is 0 Å². The van der Waals surface area contributed by atoms with Gasteiger partial charge in [-0.15, -0.1) is 0 Å². The van der Waals surface area contributed by atoms with Crippen molar-refractivity contribution in [1.29, 1.82) is 5.41 Å². The lowest BCUT2D eigenvalue weighted by Crippen LogP contribution is -2.41. The minimum Gasteiger partial charge on any atom is -0.403 e. The molecule has 0 aliphatic carbocycles. The normalized spacial score (nSPS) is 25.9. The van der Waals surface area contributed by atoms with E-state index in [1.165, 1.54) is 0 Å². The van der Waals surface area contributed by atoms with E-state index in [1.54, 1.807) is 0 Å². The number of hydrogen-bond acceptors (Lipinski definition) is 4. The number of hydrogen-bond donors (Lipinski definition) is 1. The first kappa shape index (κ1) is 11.4. The van der Waals surface area contributed by atoms with Crippen molar-refractivity contribution in [3.8, 4) is 0 Å². The Morgan fingerprint density at radius 2 is 1.64 bits per heavy atom. The molecule has 14 heavy (non-hydrogen) atoms. The second kappa shape index (κ2) is 3.48. The van der Waals surface area contributed by atoms with Crippen molar-refractivity contribution in [2.75, 3.05) is 0 Å². The summed E-state index contributed by atoms with van der Waals surface area (Å²) in [6.45, 7) is 7.66. The molecule has 1 atom stereocenters. The Morgan fingerprint density at radius 3 is 1.93 bits per heavy atom. The smallest absolute Gasteiger partial charge is 0.403 e. The Morgan fingerprint density at radius 1 is 1.21 bits per heavy atom. The average molecular weight is 197 g/mol. The quantitative estimate of drug-likeness (QED) is 0.421. The fraction of sp³-hybridized carbons (Fsp3) is 0.778. The second-order valence-corrected chi connectivity index (χ2v) is 4.50. The molecule has 4 nitrogen and oxygen atoms in total. The third-order valence-corrected chi connectivity index (χ3v) is 2.94. The lowest BCUT2D eigenvalue weighted by Gasteiger charge is -2.32. The maximum absolute atomic E-state index is 10.6. The van der Waals surface area contributed by atoms with Crippen molar-refractivity contribution in [2.45, 2.75) is 44.7 Å². The van der Waals surface area contributed by atoms with Gasteiger partial charge in [-0.3, -0.25) is 0 Å². The van der Waals surface area contributed by atoms with Crippen LogP contribution in [0.3, 0.4) is 0 Å². The third-order valence-electron chi connectivity index (χ3n) is 2.94. The molecule has 0 radical (unpaired) electrons. The molecular formula is C9H16BNO3. The van der Waals surface area contributed by atoms with Crippen LogP contribution in [0.15, 0.2) is 0 Å². The predicted octanol–water partition coefficient (Wildman–Crippen LogP) is 1.30. The molecule has 5 heteroatoms. The Bertz CT molecular complexity index is 228. The van der Waals surface area contributed by atoms with Gasteiger partial charge in [-0.1, -0.05) is 0 Å². The van der Waals surface area contributed by atoms with E-state index in [1.807, 2.05) is 27.7 Å². The Labute approximate surface area is 84.6 Å². The van der Waals surface area contributed by atoms with E-state index in [-0.39, 0.29) is 0 Å². The molecule has 1 heterocycles. The minimum absolute atomic E-state index is 0.443. The van der Waals surface area contributed by atoms with E-state index in [4.69, 9.17) is 14.7 Å². The van der Waals surface area contributed by atoms with Gasteiger partial charge in [-0.05, 0) is 27.7 Å². The van der Waals surface area contributed by atoms with Gasteiger partial charge >= 0.3 is 7.12 Å². The first-order valence-corrected chi connectivity index (χ1v) is 4.65. The molecule has 0 aromatic rings. The lowest BCUT2D eigenvalue weighted by atomic mass is 9.73. The van der Waals surface area contributed by atoms with Gasteiger partial charge in [0, 0.05) is 6.21 Å². The molecule has 0 amide bonds. The van der Waals surface area contributed by atoms with Crippen LogP contribution in [-0.4, -0.2) is 30.8 Å². The summed E-state index contributed by atoms with van der Waals surface area (Å²) >= 11 is 0. The molecule has 0 saturated carbocycles.